The molecule has 2 aromatic heterocycles. The number of halogens is 2. The molecule has 32 heavy (non-hydrogen) atoms. The van der Waals surface area contributed by atoms with Crippen LogP contribution in [0.25, 0.3) is 11.0 Å². The Balaban J connectivity index is 1.47. The van der Waals surface area contributed by atoms with Crippen molar-refractivity contribution >= 4 is 22.8 Å². The lowest BCUT2D eigenvalue weighted by Gasteiger charge is -2.24. The van der Waals surface area contributed by atoms with E-state index in [-0.39, 0.29) is 24.9 Å². The van der Waals surface area contributed by atoms with E-state index in [9.17, 15) is 18.4 Å². The molecule has 2 amide bonds. The Hall–Kier alpha value is -3.33. The molecule has 9 heteroatoms. The number of aromatic nitrogens is 2. The van der Waals surface area contributed by atoms with Crippen LogP contribution in [-0.4, -0.2) is 52.4 Å². The van der Waals surface area contributed by atoms with E-state index >= 15 is 0 Å². The summed E-state index contributed by atoms with van der Waals surface area (Å²) in [5.74, 6) is -2.60. The number of nitrogens with zero attached hydrogens (tertiary/aromatic N) is 2. The molecule has 1 aliphatic rings. The first-order valence-electron chi connectivity index (χ1n) is 10.5. The van der Waals surface area contributed by atoms with E-state index in [2.05, 4.69) is 20.6 Å². The second-order valence-electron chi connectivity index (χ2n) is 8.13. The highest BCUT2D eigenvalue weighted by molar-refractivity contribution is 5.90. The molecule has 3 heterocycles. The van der Waals surface area contributed by atoms with Crippen molar-refractivity contribution in [2.24, 2.45) is 0 Å². The minimum absolute atomic E-state index is 0.0420. The van der Waals surface area contributed by atoms with Gasteiger partial charge in [-0.05, 0) is 61.8 Å². The molecule has 0 bridgehead atoms. The third kappa shape index (κ3) is 4.94. The second kappa shape index (κ2) is 9.44. The number of H-pyrrole nitrogens is 1. The summed E-state index contributed by atoms with van der Waals surface area (Å²) in [7, 11) is 1.87. The fourth-order valence-electron chi connectivity index (χ4n) is 4.02. The summed E-state index contributed by atoms with van der Waals surface area (Å²) >= 11 is 0. The topological polar surface area (TPSA) is 90.1 Å². The Morgan fingerprint density at radius 2 is 2.06 bits per heavy atom. The first kappa shape index (κ1) is 21.9. The summed E-state index contributed by atoms with van der Waals surface area (Å²) < 4.78 is 27.0. The average molecular weight is 441 g/mol. The molecule has 1 saturated heterocycles. The Kier molecular flexibility index (Phi) is 6.45. The number of fused-ring (bicyclic) bond motifs is 1. The number of aromatic amines is 1. The second-order valence-corrected chi connectivity index (χ2v) is 8.13. The van der Waals surface area contributed by atoms with E-state index < -0.39 is 23.6 Å². The van der Waals surface area contributed by atoms with Gasteiger partial charge in [-0.25, -0.2) is 13.8 Å². The van der Waals surface area contributed by atoms with E-state index in [0.717, 1.165) is 41.7 Å². The number of likely N-dealkylation sites (tertiary alicyclic amines) is 1. The molecule has 0 saturated carbocycles. The van der Waals surface area contributed by atoms with Gasteiger partial charge in [0, 0.05) is 30.7 Å². The van der Waals surface area contributed by atoms with E-state index in [1.54, 1.807) is 12.4 Å². The summed E-state index contributed by atoms with van der Waals surface area (Å²) in [6.45, 7) is 1.03. The van der Waals surface area contributed by atoms with Crippen molar-refractivity contribution in [3.8, 4) is 0 Å². The number of pyridine rings is 1. The van der Waals surface area contributed by atoms with E-state index in [1.165, 1.54) is 6.07 Å². The lowest BCUT2D eigenvalue weighted by atomic mass is 10.0. The van der Waals surface area contributed by atoms with Gasteiger partial charge in [-0.3, -0.25) is 14.5 Å². The van der Waals surface area contributed by atoms with Gasteiger partial charge in [-0.2, -0.15) is 0 Å². The van der Waals surface area contributed by atoms with Crippen LogP contribution in [-0.2, 0) is 22.6 Å². The largest absolute Gasteiger partial charge is 0.350 e. The zero-order valence-electron chi connectivity index (χ0n) is 17.7. The number of carbonyl (C=O) groups excluding carboxylic acids is 2. The molecule has 1 aliphatic heterocycles. The summed E-state index contributed by atoms with van der Waals surface area (Å²) in [6, 6.07) is 6.04. The Bertz CT molecular complexity index is 1130. The van der Waals surface area contributed by atoms with Crippen LogP contribution in [0.15, 0.2) is 42.7 Å². The molecule has 0 radical (unpaired) electrons. The maximum absolute atomic E-state index is 13.7. The smallest absolute Gasteiger partial charge is 0.243 e. The maximum Gasteiger partial charge on any atom is 0.243 e. The highest BCUT2D eigenvalue weighted by Crippen LogP contribution is 2.16. The average Bonchev–Trinajstić information content (AvgIpc) is 3.42. The normalized spacial score (nSPS) is 17.4. The van der Waals surface area contributed by atoms with Gasteiger partial charge in [0.15, 0.2) is 11.6 Å². The molecule has 1 unspecified atom stereocenters. The molecule has 7 nitrogen and oxygen atoms in total. The van der Waals surface area contributed by atoms with Crippen LogP contribution in [0.4, 0.5) is 8.78 Å². The van der Waals surface area contributed by atoms with Crippen LogP contribution in [0, 0.1) is 11.6 Å². The summed E-state index contributed by atoms with van der Waals surface area (Å²) in [5, 5.41) is 6.55. The zero-order valence-corrected chi connectivity index (χ0v) is 17.7. The molecule has 2 atom stereocenters. The van der Waals surface area contributed by atoms with Crippen molar-refractivity contribution in [2.75, 3.05) is 13.6 Å². The monoisotopic (exact) mass is 441 g/mol. The van der Waals surface area contributed by atoms with Gasteiger partial charge in [0.1, 0.15) is 11.7 Å². The summed E-state index contributed by atoms with van der Waals surface area (Å²) in [6.07, 6.45) is 5.11. The Labute approximate surface area is 184 Å². The van der Waals surface area contributed by atoms with Crippen LogP contribution >= 0.6 is 0 Å². The van der Waals surface area contributed by atoms with Crippen LogP contribution in [0.1, 0.15) is 24.0 Å². The molecule has 3 N–H and O–H groups in total. The number of likely N-dealkylation sites (N-methyl/N-ethyl adjacent to an activating group) is 1. The van der Waals surface area contributed by atoms with Gasteiger partial charge in [0.05, 0.1) is 6.04 Å². The zero-order chi connectivity index (χ0) is 22.7. The SMILES string of the molecule is CN1CCCC1C(=O)N[C@@H](Cc1ccc(F)c(F)c1)C(=O)NCc1cnc2[nH]ccc2c1. The third-order valence-electron chi connectivity index (χ3n) is 5.80. The Morgan fingerprint density at radius 1 is 1.22 bits per heavy atom. The lowest BCUT2D eigenvalue weighted by molar-refractivity contribution is -0.131. The maximum atomic E-state index is 13.7. The van der Waals surface area contributed by atoms with Gasteiger partial charge in [0.2, 0.25) is 11.8 Å². The van der Waals surface area contributed by atoms with Gasteiger partial charge in [0.25, 0.3) is 0 Å². The number of carbonyl (C=O) groups is 2. The molecule has 1 fully saturated rings. The number of hydrogen-bond acceptors (Lipinski definition) is 4. The van der Waals surface area contributed by atoms with Gasteiger partial charge in [-0.15, -0.1) is 0 Å². The van der Waals surface area contributed by atoms with Gasteiger partial charge < -0.3 is 15.6 Å². The first-order valence-corrected chi connectivity index (χ1v) is 10.5. The first-order chi connectivity index (χ1) is 15.4. The minimum Gasteiger partial charge on any atom is -0.350 e. The molecular formula is C23H25F2N5O2. The van der Waals surface area contributed by atoms with Crippen molar-refractivity contribution in [2.45, 2.75) is 37.9 Å². The minimum atomic E-state index is -0.991. The third-order valence-corrected chi connectivity index (χ3v) is 5.80. The lowest BCUT2D eigenvalue weighted by Crippen LogP contribution is -2.52. The summed E-state index contributed by atoms with van der Waals surface area (Å²) in [4.78, 5) is 35.0. The predicted molar refractivity (Wildman–Crippen MR) is 116 cm³/mol. The van der Waals surface area contributed by atoms with E-state index in [1.807, 2.05) is 24.1 Å². The number of hydrogen-bond donors (Lipinski definition) is 3. The Morgan fingerprint density at radius 3 is 2.81 bits per heavy atom. The quantitative estimate of drug-likeness (QED) is 0.525. The molecule has 3 aromatic rings. The highest BCUT2D eigenvalue weighted by atomic mass is 19.2. The summed E-state index contributed by atoms with van der Waals surface area (Å²) in [5.41, 5.74) is 1.97. The molecule has 0 spiro atoms. The van der Waals surface area contributed by atoms with Crippen LogP contribution < -0.4 is 10.6 Å². The number of nitrogens with one attached hydrogen (secondary N) is 3. The number of amides is 2. The van der Waals surface area contributed by atoms with Crippen molar-refractivity contribution in [3.05, 3.63) is 65.5 Å². The molecular weight excluding hydrogens is 416 g/mol. The molecule has 1 aromatic carbocycles. The van der Waals surface area contributed by atoms with E-state index in [0.29, 0.717) is 12.0 Å². The van der Waals surface area contributed by atoms with Crippen LogP contribution in [0.2, 0.25) is 0 Å². The van der Waals surface area contributed by atoms with Gasteiger partial charge >= 0.3 is 0 Å². The highest BCUT2D eigenvalue weighted by Gasteiger charge is 2.31. The standard InChI is InChI=1S/C23H25F2N5O2/c1-30-8-2-3-20(30)23(32)29-19(11-14-4-5-17(24)18(25)10-14)22(31)28-13-15-9-16-6-7-26-21(16)27-12-15/h4-7,9-10,12,19-20H,2-3,8,11,13H2,1H3,(H,26,27)(H,28,31)(H,29,32)/t19-,20?/m0/s1. The predicted octanol–water partition coefficient (Wildman–Crippen LogP) is 2.28. The fraction of sp³-hybridized carbons (Fsp3) is 0.348. The molecule has 4 rings (SSSR count). The van der Waals surface area contributed by atoms with Crippen molar-refractivity contribution < 1.29 is 18.4 Å². The molecule has 168 valence electrons. The van der Waals surface area contributed by atoms with Crippen LogP contribution in [0.3, 0.4) is 0 Å². The molecule has 0 aliphatic carbocycles. The van der Waals surface area contributed by atoms with Gasteiger partial charge in [-0.1, -0.05) is 6.07 Å². The number of benzene rings is 1. The van der Waals surface area contributed by atoms with Crippen molar-refractivity contribution in [1.82, 2.24) is 25.5 Å². The van der Waals surface area contributed by atoms with Crippen molar-refractivity contribution in [3.63, 3.8) is 0 Å². The number of rotatable bonds is 7. The fourth-order valence-corrected chi connectivity index (χ4v) is 4.02. The van der Waals surface area contributed by atoms with E-state index in [4.69, 9.17) is 0 Å². The van der Waals surface area contributed by atoms with Crippen LogP contribution in [0.5, 0.6) is 0 Å². The van der Waals surface area contributed by atoms with Crippen molar-refractivity contribution in [1.29, 1.82) is 0 Å².